The van der Waals surface area contributed by atoms with Crippen molar-refractivity contribution in [3.63, 3.8) is 0 Å². The van der Waals surface area contributed by atoms with Gasteiger partial charge in [0.1, 0.15) is 11.2 Å². The highest BCUT2D eigenvalue weighted by atomic mass is 16.3. The fraction of sp³-hybridized carbons (Fsp3) is 0.0192. The number of furan rings is 1. The number of hydrogen-bond donors (Lipinski definition) is 0. The number of fused-ring (bicyclic) bond motifs is 7. The van der Waals surface area contributed by atoms with Gasteiger partial charge in [0.05, 0.1) is 6.54 Å². The van der Waals surface area contributed by atoms with Crippen molar-refractivity contribution in [2.75, 3.05) is 0 Å². The van der Waals surface area contributed by atoms with Gasteiger partial charge in [0.25, 0.3) is 0 Å². The molecule has 1 heterocycles. The molecular formula is C52H35N3O. The zero-order valence-corrected chi connectivity index (χ0v) is 30.6. The molecule has 0 aliphatic carbocycles. The van der Waals surface area contributed by atoms with Crippen LogP contribution in [0.25, 0.3) is 76.5 Å². The van der Waals surface area contributed by atoms with E-state index in [1.54, 1.807) is 0 Å². The predicted octanol–water partition coefficient (Wildman–Crippen LogP) is 13.5. The molecular weight excluding hydrogens is 683 g/mol. The van der Waals surface area contributed by atoms with Gasteiger partial charge in [-0.15, -0.1) is 0 Å². The summed E-state index contributed by atoms with van der Waals surface area (Å²) in [4.78, 5) is 15.0. The van der Waals surface area contributed by atoms with E-state index in [9.17, 15) is 0 Å². The summed E-state index contributed by atoms with van der Waals surface area (Å²) in [6, 6.07) is 65.5. The van der Waals surface area contributed by atoms with Crippen LogP contribution in [0.5, 0.6) is 0 Å². The van der Waals surface area contributed by atoms with Crippen LogP contribution in [0.1, 0.15) is 16.7 Å². The quantitative estimate of drug-likeness (QED) is 0.125. The van der Waals surface area contributed by atoms with Crippen molar-refractivity contribution in [2.45, 2.75) is 6.54 Å². The van der Waals surface area contributed by atoms with E-state index in [1.165, 1.54) is 21.9 Å². The molecule has 0 N–H and O–H groups in total. The lowest BCUT2D eigenvalue weighted by atomic mass is 9.94. The van der Waals surface area contributed by atoms with E-state index in [1.807, 2.05) is 24.3 Å². The van der Waals surface area contributed by atoms with Crippen LogP contribution in [0.3, 0.4) is 0 Å². The van der Waals surface area contributed by atoms with Gasteiger partial charge < -0.3 is 4.42 Å². The number of hydrogen-bond acceptors (Lipinski definition) is 2. The summed E-state index contributed by atoms with van der Waals surface area (Å²) in [7, 11) is 0. The van der Waals surface area contributed by atoms with Gasteiger partial charge in [-0.25, -0.2) is 9.98 Å². The second-order valence-electron chi connectivity index (χ2n) is 14.0. The predicted molar refractivity (Wildman–Crippen MR) is 236 cm³/mol. The Labute approximate surface area is 324 Å². The molecule has 0 unspecified atom stereocenters. The zero-order chi connectivity index (χ0) is 37.4. The number of benzene rings is 9. The zero-order valence-electron chi connectivity index (χ0n) is 30.6. The molecule has 4 nitrogen and oxygen atoms in total. The lowest BCUT2D eigenvalue weighted by molar-refractivity contribution is 0.669. The minimum atomic E-state index is 0.430. The van der Waals surface area contributed by atoms with E-state index in [0.29, 0.717) is 18.2 Å². The molecule has 264 valence electrons. The second kappa shape index (κ2) is 14.1. The minimum absolute atomic E-state index is 0.430. The molecule has 0 amide bonds. The van der Waals surface area contributed by atoms with Crippen LogP contribution in [0, 0.1) is 0 Å². The van der Waals surface area contributed by atoms with Gasteiger partial charge >= 0.3 is 0 Å². The number of rotatable bonds is 6. The van der Waals surface area contributed by atoms with E-state index in [2.05, 4.69) is 176 Å². The Bertz CT molecular complexity index is 3180. The first-order valence-electron chi connectivity index (χ1n) is 18.8. The molecule has 0 aliphatic heterocycles. The monoisotopic (exact) mass is 717 g/mol. The average Bonchev–Trinajstić information content (AvgIpc) is 3.66. The van der Waals surface area contributed by atoms with Gasteiger partial charge in [-0.05, 0) is 97.2 Å². The molecule has 4 heteroatoms. The summed E-state index contributed by atoms with van der Waals surface area (Å²) in [5.41, 5.74) is 9.04. The van der Waals surface area contributed by atoms with Crippen molar-refractivity contribution in [1.82, 2.24) is 0 Å². The fourth-order valence-electron chi connectivity index (χ4n) is 7.89. The summed E-state index contributed by atoms with van der Waals surface area (Å²) >= 11 is 0. The Hall–Kier alpha value is -7.43. The summed E-state index contributed by atoms with van der Waals surface area (Å²) < 4.78 is 6.69. The van der Waals surface area contributed by atoms with E-state index < -0.39 is 0 Å². The molecule has 9 aromatic carbocycles. The van der Waals surface area contributed by atoms with Crippen molar-refractivity contribution in [2.24, 2.45) is 15.0 Å². The number of nitrogens with zero attached hydrogens (tertiary/aromatic N) is 3. The summed E-state index contributed by atoms with van der Waals surface area (Å²) in [6.07, 6.45) is 0. The van der Waals surface area contributed by atoms with Crippen molar-refractivity contribution in [3.8, 4) is 22.3 Å². The SMILES string of the molecule is C=NC(=NC(=NCc1ccc2ccccc2c1)c1cccc2oc3cc(-c4ccccc4)c4ccccc4c3c12)c1ccc2cc(-c3ccccc3)ccc2c1. The molecule has 0 radical (unpaired) electrons. The maximum absolute atomic E-state index is 6.69. The summed E-state index contributed by atoms with van der Waals surface area (Å²) in [6.45, 7) is 4.43. The van der Waals surface area contributed by atoms with Gasteiger partial charge in [-0.1, -0.05) is 158 Å². The van der Waals surface area contributed by atoms with Gasteiger partial charge in [0.15, 0.2) is 11.7 Å². The number of amidine groups is 2. The van der Waals surface area contributed by atoms with Crippen LogP contribution in [-0.2, 0) is 6.54 Å². The van der Waals surface area contributed by atoms with Crippen molar-refractivity contribution in [1.29, 1.82) is 0 Å². The highest BCUT2D eigenvalue weighted by Gasteiger charge is 2.20. The third-order valence-electron chi connectivity index (χ3n) is 10.6. The van der Waals surface area contributed by atoms with Crippen LogP contribution in [-0.4, -0.2) is 18.4 Å². The molecule has 0 bridgehead atoms. The minimum Gasteiger partial charge on any atom is -0.456 e. The van der Waals surface area contributed by atoms with Gasteiger partial charge in [0.2, 0.25) is 0 Å². The normalized spacial score (nSPS) is 12.3. The molecule has 0 atom stereocenters. The van der Waals surface area contributed by atoms with Crippen molar-refractivity contribution < 1.29 is 4.42 Å². The lowest BCUT2D eigenvalue weighted by Crippen LogP contribution is -2.06. The van der Waals surface area contributed by atoms with Gasteiger partial charge in [-0.2, -0.15) is 0 Å². The van der Waals surface area contributed by atoms with Crippen molar-refractivity contribution >= 4 is 72.6 Å². The topological polar surface area (TPSA) is 50.2 Å². The molecule has 0 aliphatic rings. The molecule has 56 heavy (non-hydrogen) atoms. The van der Waals surface area contributed by atoms with Crippen LogP contribution in [0.15, 0.2) is 207 Å². The Morgan fingerprint density at radius 3 is 1.96 bits per heavy atom. The van der Waals surface area contributed by atoms with E-state index in [4.69, 9.17) is 14.4 Å². The largest absolute Gasteiger partial charge is 0.456 e. The van der Waals surface area contributed by atoms with Gasteiger partial charge in [0, 0.05) is 21.9 Å². The molecule has 10 rings (SSSR count). The third kappa shape index (κ3) is 6.04. The van der Waals surface area contributed by atoms with E-state index in [-0.39, 0.29) is 0 Å². The smallest absolute Gasteiger partial charge is 0.161 e. The van der Waals surface area contributed by atoms with Crippen LogP contribution < -0.4 is 0 Å². The first-order chi connectivity index (χ1) is 27.7. The molecule has 0 saturated carbocycles. The Kier molecular flexibility index (Phi) is 8.34. The second-order valence-corrected chi connectivity index (χ2v) is 14.0. The Balaban J connectivity index is 1.15. The van der Waals surface area contributed by atoms with E-state index in [0.717, 1.165) is 71.3 Å². The fourth-order valence-corrected chi connectivity index (χ4v) is 7.89. The standard InChI is InChI=1S/C52H35N3O/c1-53-51(42-28-27-40-30-39(25-26-41(40)31-42)35-13-4-2-5-14-35)55-52(54-33-34-23-24-36-15-8-9-18-38(36)29-34)45-21-12-22-47-50(45)49-44-20-11-10-19-43(44)46(32-48(49)56-47)37-16-6-3-7-17-37/h2-32H,1,33H2. The van der Waals surface area contributed by atoms with Crippen LogP contribution in [0.2, 0.25) is 0 Å². The van der Waals surface area contributed by atoms with Crippen molar-refractivity contribution in [3.05, 3.63) is 205 Å². The van der Waals surface area contributed by atoms with E-state index >= 15 is 0 Å². The molecule has 0 fully saturated rings. The molecule has 0 spiro atoms. The highest BCUT2D eigenvalue weighted by molar-refractivity contribution is 6.28. The molecule has 0 saturated heterocycles. The third-order valence-corrected chi connectivity index (χ3v) is 10.6. The maximum atomic E-state index is 6.69. The summed E-state index contributed by atoms with van der Waals surface area (Å²) in [5.74, 6) is 1.06. The van der Waals surface area contributed by atoms with Crippen LogP contribution in [0.4, 0.5) is 0 Å². The first-order valence-corrected chi connectivity index (χ1v) is 18.8. The first kappa shape index (κ1) is 33.2. The molecule has 1 aromatic heterocycles. The lowest BCUT2D eigenvalue weighted by Gasteiger charge is -2.10. The average molecular weight is 718 g/mol. The maximum Gasteiger partial charge on any atom is 0.161 e. The van der Waals surface area contributed by atoms with Gasteiger partial charge in [-0.3, -0.25) is 4.99 Å². The Morgan fingerprint density at radius 2 is 1.14 bits per heavy atom. The Morgan fingerprint density at radius 1 is 0.464 bits per heavy atom. The molecule has 10 aromatic rings. The van der Waals surface area contributed by atoms with Crippen LogP contribution >= 0.6 is 0 Å². The highest BCUT2D eigenvalue weighted by Crippen LogP contribution is 2.41. The number of aliphatic imine (C=N–C) groups is 3. The summed E-state index contributed by atoms with van der Waals surface area (Å²) in [5, 5.41) is 8.87.